The van der Waals surface area contributed by atoms with Gasteiger partial charge in [-0.1, -0.05) is 17.7 Å². The van der Waals surface area contributed by atoms with E-state index < -0.39 is 0 Å². The molecule has 1 aromatic carbocycles. The van der Waals surface area contributed by atoms with Crippen molar-refractivity contribution in [3.05, 3.63) is 52.7 Å². The highest BCUT2D eigenvalue weighted by atomic mass is 35.5. The zero-order chi connectivity index (χ0) is 17.8. The molecule has 2 heterocycles. The molecule has 0 spiro atoms. The lowest BCUT2D eigenvalue weighted by atomic mass is 10.2. The van der Waals surface area contributed by atoms with Gasteiger partial charge < -0.3 is 15.1 Å². The van der Waals surface area contributed by atoms with E-state index in [0.29, 0.717) is 29.4 Å². The average molecular weight is 359 g/mol. The number of aryl methyl sites for hydroxylation is 1. The van der Waals surface area contributed by atoms with E-state index >= 15 is 0 Å². The van der Waals surface area contributed by atoms with Gasteiger partial charge >= 0.3 is 0 Å². The first-order chi connectivity index (χ1) is 12.1. The predicted molar refractivity (Wildman–Crippen MR) is 98.2 cm³/mol. The van der Waals surface area contributed by atoms with Gasteiger partial charge in [0.05, 0.1) is 5.56 Å². The molecule has 0 atom stereocenters. The van der Waals surface area contributed by atoms with E-state index in [9.17, 15) is 9.59 Å². The maximum Gasteiger partial charge on any atom is 0.257 e. The van der Waals surface area contributed by atoms with Crippen molar-refractivity contribution in [1.82, 2.24) is 9.88 Å². The number of nitrogens with zero attached hydrogens (tertiary/aromatic N) is 3. The van der Waals surface area contributed by atoms with Crippen LogP contribution in [0.4, 0.5) is 11.5 Å². The van der Waals surface area contributed by atoms with Crippen LogP contribution in [0.5, 0.6) is 0 Å². The summed E-state index contributed by atoms with van der Waals surface area (Å²) in [5.74, 6) is 0.574. The van der Waals surface area contributed by atoms with Gasteiger partial charge in [0.25, 0.3) is 5.91 Å². The lowest BCUT2D eigenvalue weighted by Gasteiger charge is -2.33. The van der Waals surface area contributed by atoms with Gasteiger partial charge in [-0.05, 0) is 36.8 Å². The molecular weight excluding hydrogens is 340 g/mol. The molecular formula is C18H19ClN4O2. The van der Waals surface area contributed by atoms with E-state index in [-0.39, 0.29) is 5.91 Å². The van der Waals surface area contributed by atoms with Crippen LogP contribution in [-0.4, -0.2) is 48.4 Å². The maximum absolute atomic E-state index is 12.3. The number of rotatable bonds is 4. The fourth-order valence-electron chi connectivity index (χ4n) is 2.64. The van der Waals surface area contributed by atoms with Crippen molar-refractivity contribution < 1.29 is 9.59 Å². The van der Waals surface area contributed by atoms with Gasteiger partial charge in [-0.25, -0.2) is 4.98 Å². The molecule has 0 aliphatic carbocycles. The molecule has 1 aliphatic rings. The number of hydrogen-bond acceptors (Lipinski definition) is 4. The molecule has 0 unspecified atom stereocenters. The molecule has 7 heteroatoms. The number of aromatic nitrogens is 1. The van der Waals surface area contributed by atoms with E-state index in [0.717, 1.165) is 30.9 Å². The summed E-state index contributed by atoms with van der Waals surface area (Å²) in [7, 11) is 0. The normalized spacial score (nSPS) is 14.3. The quantitative estimate of drug-likeness (QED) is 0.853. The Bertz CT molecular complexity index is 771. The van der Waals surface area contributed by atoms with Crippen molar-refractivity contribution in [2.24, 2.45) is 0 Å². The highest BCUT2D eigenvalue weighted by molar-refractivity contribution is 6.31. The number of anilines is 2. The van der Waals surface area contributed by atoms with Crippen LogP contribution < -0.4 is 10.2 Å². The summed E-state index contributed by atoms with van der Waals surface area (Å²) in [6, 6.07) is 8.97. The molecule has 2 amide bonds. The molecule has 1 saturated heterocycles. The van der Waals surface area contributed by atoms with Crippen LogP contribution in [0.3, 0.4) is 0 Å². The standard InChI is InChI=1S/C18H19ClN4O2/c1-13-2-4-15(10-16(13)19)21-18(25)14-3-5-17(20-11-14)23-8-6-22(12-24)7-9-23/h2-5,10-12H,6-9H2,1H3,(H,21,25). The van der Waals surface area contributed by atoms with E-state index in [1.807, 2.05) is 25.1 Å². The Kier molecular flexibility index (Phi) is 5.19. The zero-order valence-corrected chi connectivity index (χ0v) is 14.7. The summed E-state index contributed by atoms with van der Waals surface area (Å²) in [4.78, 5) is 31.3. The van der Waals surface area contributed by atoms with E-state index in [1.54, 1.807) is 23.2 Å². The second-order valence-corrected chi connectivity index (χ2v) is 6.36. The third-order valence-corrected chi connectivity index (χ3v) is 4.63. The van der Waals surface area contributed by atoms with Gasteiger partial charge in [0, 0.05) is 43.1 Å². The number of carbonyl (C=O) groups is 2. The van der Waals surface area contributed by atoms with Crippen molar-refractivity contribution in [2.75, 3.05) is 36.4 Å². The van der Waals surface area contributed by atoms with Crippen LogP contribution in [0.1, 0.15) is 15.9 Å². The van der Waals surface area contributed by atoms with Crippen molar-refractivity contribution in [3.8, 4) is 0 Å². The molecule has 1 fully saturated rings. The number of halogens is 1. The molecule has 0 saturated carbocycles. The van der Waals surface area contributed by atoms with Crippen LogP contribution >= 0.6 is 11.6 Å². The van der Waals surface area contributed by atoms with Crippen LogP contribution in [0, 0.1) is 6.92 Å². The largest absolute Gasteiger partial charge is 0.353 e. The van der Waals surface area contributed by atoms with Crippen LogP contribution in [-0.2, 0) is 4.79 Å². The first-order valence-corrected chi connectivity index (χ1v) is 8.42. The molecule has 25 heavy (non-hydrogen) atoms. The number of benzene rings is 1. The van der Waals surface area contributed by atoms with Gasteiger partial charge in [-0.15, -0.1) is 0 Å². The predicted octanol–water partition coefficient (Wildman–Crippen LogP) is 2.57. The maximum atomic E-state index is 12.3. The summed E-state index contributed by atoms with van der Waals surface area (Å²) >= 11 is 6.08. The van der Waals surface area contributed by atoms with Gasteiger partial charge in [0.2, 0.25) is 6.41 Å². The fraction of sp³-hybridized carbons (Fsp3) is 0.278. The zero-order valence-electron chi connectivity index (χ0n) is 13.9. The van der Waals surface area contributed by atoms with Crippen molar-refractivity contribution in [1.29, 1.82) is 0 Å². The first-order valence-electron chi connectivity index (χ1n) is 8.04. The third kappa shape index (κ3) is 4.09. The second-order valence-electron chi connectivity index (χ2n) is 5.95. The molecule has 1 aliphatic heterocycles. The highest BCUT2D eigenvalue weighted by Gasteiger charge is 2.17. The van der Waals surface area contributed by atoms with E-state index in [1.165, 1.54) is 0 Å². The van der Waals surface area contributed by atoms with Crippen LogP contribution in [0.2, 0.25) is 5.02 Å². The number of nitrogens with one attached hydrogen (secondary N) is 1. The Hall–Kier alpha value is -2.60. The van der Waals surface area contributed by atoms with Gasteiger partial charge in [0.15, 0.2) is 0 Å². The number of piperazine rings is 1. The Balaban J connectivity index is 1.64. The smallest absolute Gasteiger partial charge is 0.257 e. The lowest BCUT2D eigenvalue weighted by molar-refractivity contribution is -0.118. The number of amides is 2. The molecule has 1 N–H and O–H groups in total. The number of carbonyl (C=O) groups excluding carboxylic acids is 2. The van der Waals surface area contributed by atoms with E-state index in [4.69, 9.17) is 11.6 Å². The highest BCUT2D eigenvalue weighted by Crippen LogP contribution is 2.21. The Labute approximate surface area is 151 Å². The summed E-state index contributed by atoms with van der Waals surface area (Å²) in [5, 5.41) is 3.43. The molecule has 130 valence electrons. The Morgan fingerprint density at radius 3 is 2.56 bits per heavy atom. The molecule has 0 bridgehead atoms. The summed E-state index contributed by atoms with van der Waals surface area (Å²) < 4.78 is 0. The van der Waals surface area contributed by atoms with Gasteiger partial charge in [0.1, 0.15) is 5.82 Å². The fourth-order valence-corrected chi connectivity index (χ4v) is 2.82. The van der Waals surface area contributed by atoms with Gasteiger partial charge in [-0.2, -0.15) is 0 Å². The molecule has 6 nitrogen and oxygen atoms in total. The Morgan fingerprint density at radius 2 is 1.96 bits per heavy atom. The third-order valence-electron chi connectivity index (χ3n) is 4.23. The van der Waals surface area contributed by atoms with Crippen molar-refractivity contribution >= 4 is 35.4 Å². The van der Waals surface area contributed by atoms with Crippen molar-refractivity contribution in [3.63, 3.8) is 0 Å². The average Bonchev–Trinajstić information content (AvgIpc) is 2.65. The molecule has 3 rings (SSSR count). The minimum atomic E-state index is -0.232. The van der Waals surface area contributed by atoms with E-state index in [2.05, 4.69) is 15.2 Å². The number of pyridine rings is 1. The number of hydrogen-bond donors (Lipinski definition) is 1. The second kappa shape index (κ2) is 7.53. The first kappa shape index (κ1) is 17.2. The summed E-state index contributed by atoms with van der Waals surface area (Å²) in [6.45, 7) is 4.74. The van der Waals surface area contributed by atoms with Crippen LogP contribution in [0.15, 0.2) is 36.5 Å². The monoisotopic (exact) mass is 358 g/mol. The minimum Gasteiger partial charge on any atom is -0.353 e. The summed E-state index contributed by atoms with van der Waals surface area (Å²) in [6.07, 6.45) is 2.43. The van der Waals surface area contributed by atoms with Gasteiger partial charge in [-0.3, -0.25) is 9.59 Å². The van der Waals surface area contributed by atoms with Crippen molar-refractivity contribution in [2.45, 2.75) is 6.92 Å². The molecule has 1 aromatic heterocycles. The topological polar surface area (TPSA) is 65.5 Å². The SMILES string of the molecule is Cc1ccc(NC(=O)c2ccc(N3CCN(C=O)CC3)nc2)cc1Cl. The lowest BCUT2D eigenvalue weighted by Crippen LogP contribution is -2.46. The summed E-state index contributed by atoms with van der Waals surface area (Å²) in [5.41, 5.74) is 2.09. The van der Waals surface area contributed by atoms with Crippen LogP contribution in [0.25, 0.3) is 0 Å². The minimum absolute atomic E-state index is 0.232. The molecule has 2 aromatic rings. The molecule has 0 radical (unpaired) electrons. The Morgan fingerprint density at radius 1 is 1.20 bits per heavy atom.